The number of ketones is 1. The second kappa shape index (κ2) is 6.56. The zero-order valence-corrected chi connectivity index (χ0v) is 19.6. The van der Waals surface area contributed by atoms with Gasteiger partial charge in [0.25, 0.3) is 0 Å². The highest BCUT2D eigenvalue weighted by Crippen LogP contribution is 2.71. The normalized spacial score (nSPS) is 60.1. The molecular weight excluding hydrogens is 372 g/mol. The van der Waals surface area contributed by atoms with Gasteiger partial charge in [-0.15, -0.1) is 0 Å². The molecule has 4 saturated carbocycles. The number of ether oxygens (including phenoxy) is 2. The quantitative estimate of drug-likeness (QED) is 0.487. The third-order valence-corrected chi connectivity index (χ3v) is 11.7. The Labute approximate surface area is 183 Å². The van der Waals surface area contributed by atoms with E-state index in [-0.39, 0.29) is 5.79 Å². The molecule has 0 N–H and O–H groups in total. The first-order chi connectivity index (χ1) is 14.3. The van der Waals surface area contributed by atoms with Gasteiger partial charge in [0.2, 0.25) is 0 Å². The van der Waals surface area contributed by atoms with Crippen molar-refractivity contribution in [2.45, 2.75) is 104 Å². The monoisotopic (exact) mass is 414 g/mol. The van der Waals surface area contributed by atoms with E-state index in [0.29, 0.717) is 46.4 Å². The fraction of sp³-hybridized carbons (Fsp3) is 0.963. The lowest BCUT2D eigenvalue weighted by atomic mass is 9.44. The topological polar surface area (TPSA) is 35.5 Å². The summed E-state index contributed by atoms with van der Waals surface area (Å²) >= 11 is 0. The largest absolute Gasteiger partial charge is 0.349 e. The molecule has 4 aliphatic carbocycles. The summed E-state index contributed by atoms with van der Waals surface area (Å²) in [5.74, 6) is 5.23. The first-order valence-corrected chi connectivity index (χ1v) is 13.1. The van der Waals surface area contributed by atoms with Crippen molar-refractivity contribution in [2.75, 3.05) is 6.61 Å². The SMILES string of the molecule is C[C@@H]1CC[C@@]2(OC1)O[C@H]1C[C@@H]3[C@@H]4CC[C@H]5CC(=O)CC[C@]5(C)[C@H]4CC[C@]3(C)[C@H]1[C@@H]2C. The van der Waals surface area contributed by atoms with E-state index in [1.165, 1.54) is 38.5 Å². The van der Waals surface area contributed by atoms with Crippen molar-refractivity contribution in [3.63, 3.8) is 0 Å². The van der Waals surface area contributed by atoms with Crippen LogP contribution in [0.3, 0.4) is 0 Å². The molecule has 0 aromatic carbocycles. The van der Waals surface area contributed by atoms with E-state index in [9.17, 15) is 4.79 Å². The van der Waals surface area contributed by atoms with E-state index in [2.05, 4.69) is 27.7 Å². The van der Waals surface area contributed by atoms with Crippen LogP contribution >= 0.6 is 0 Å². The molecule has 0 aromatic rings. The summed E-state index contributed by atoms with van der Waals surface area (Å²) in [6.45, 7) is 10.8. The van der Waals surface area contributed by atoms with E-state index >= 15 is 0 Å². The molecule has 2 heterocycles. The van der Waals surface area contributed by atoms with Crippen LogP contribution in [-0.2, 0) is 14.3 Å². The highest BCUT2D eigenvalue weighted by atomic mass is 16.7. The number of hydrogen-bond acceptors (Lipinski definition) is 3. The fourth-order valence-electron chi connectivity index (χ4n) is 10.1. The van der Waals surface area contributed by atoms with E-state index in [1.807, 2.05) is 0 Å². The number of Topliss-reactive ketones (excluding diaryl/α,β-unsaturated/α-hetero) is 1. The predicted octanol–water partition coefficient (Wildman–Crippen LogP) is 6.00. The van der Waals surface area contributed by atoms with Crippen LogP contribution in [0.4, 0.5) is 0 Å². The second-order valence-corrected chi connectivity index (χ2v) is 12.9. The average molecular weight is 415 g/mol. The molecule has 3 nitrogen and oxygen atoms in total. The molecule has 6 rings (SSSR count). The third-order valence-electron chi connectivity index (χ3n) is 11.7. The van der Waals surface area contributed by atoms with E-state index in [4.69, 9.17) is 9.47 Å². The summed E-state index contributed by atoms with van der Waals surface area (Å²) < 4.78 is 13.4. The molecule has 0 bridgehead atoms. The summed E-state index contributed by atoms with van der Waals surface area (Å²) in [6, 6.07) is 0. The molecule has 0 radical (unpaired) electrons. The number of hydrogen-bond donors (Lipinski definition) is 0. The molecule has 1 spiro atoms. The van der Waals surface area contributed by atoms with Crippen molar-refractivity contribution in [1.82, 2.24) is 0 Å². The summed E-state index contributed by atoms with van der Waals surface area (Å²) in [5, 5.41) is 0. The van der Waals surface area contributed by atoms with Gasteiger partial charge in [0.15, 0.2) is 5.79 Å². The van der Waals surface area contributed by atoms with Gasteiger partial charge < -0.3 is 9.47 Å². The van der Waals surface area contributed by atoms with E-state index in [1.54, 1.807) is 0 Å². The lowest BCUT2D eigenvalue weighted by Crippen LogP contribution is -2.54. The van der Waals surface area contributed by atoms with Gasteiger partial charge in [0.05, 0.1) is 12.7 Å². The number of carbonyl (C=O) groups excluding carboxylic acids is 1. The number of rotatable bonds is 0. The van der Waals surface area contributed by atoms with Gasteiger partial charge in [-0.05, 0) is 91.3 Å². The van der Waals surface area contributed by atoms with Gasteiger partial charge in [-0.25, -0.2) is 0 Å². The first-order valence-electron chi connectivity index (χ1n) is 13.1. The van der Waals surface area contributed by atoms with Gasteiger partial charge in [0.1, 0.15) is 5.78 Å². The maximum Gasteiger partial charge on any atom is 0.171 e. The van der Waals surface area contributed by atoms with Crippen molar-refractivity contribution in [1.29, 1.82) is 0 Å². The fourth-order valence-corrected chi connectivity index (χ4v) is 10.1. The highest BCUT2D eigenvalue weighted by molar-refractivity contribution is 5.79. The molecule has 3 heteroatoms. The minimum absolute atomic E-state index is 0.292. The molecule has 0 aromatic heterocycles. The van der Waals surface area contributed by atoms with Crippen molar-refractivity contribution in [3.8, 4) is 0 Å². The van der Waals surface area contributed by atoms with Gasteiger partial charge in [-0.3, -0.25) is 4.79 Å². The summed E-state index contributed by atoms with van der Waals surface area (Å²) in [6.07, 6.45) is 12.2. The van der Waals surface area contributed by atoms with Crippen molar-refractivity contribution in [2.24, 2.45) is 52.3 Å². The number of carbonyl (C=O) groups is 1. The minimum atomic E-state index is -0.292. The Kier molecular flexibility index (Phi) is 4.42. The first kappa shape index (κ1) is 20.2. The van der Waals surface area contributed by atoms with Crippen LogP contribution in [0, 0.1) is 52.3 Å². The van der Waals surface area contributed by atoms with Gasteiger partial charge in [-0.1, -0.05) is 27.7 Å². The van der Waals surface area contributed by atoms with Crippen LogP contribution in [0.2, 0.25) is 0 Å². The zero-order valence-electron chi connectivity index (χ0n) is 19.6. The molecule has 168 valence electrons. The Morgan fingerprint density at radius 1 is 0.933 bits per heavy atom. The Hall–Kier alpha value is -0.410. The van der Waals surface area contributed by atoms with E-state index < -0.39 is 0 Å². The number of fused-ring (bicyclic) bond motifs is 7. The Morgan fingerprint density at radius 3 is 2.53 bits per heavy atom. The Morgan fingerprint density at radius 2 is 1.77 bits per heavy atom. The van der Waals surface area contributed by atoms with Gasteiger partial charge >= 0.3 is 0 Å². The Bertz CT molecular complexity index is 724. The molecule has 11 atom stereocenters. The van der Waals surface area contributed by atoms with Crippen molar-refractivity contribution >= 4 is 5.78 Å². The van der Waals surface area contributed by atoms with Crippen molar-refractivity contribution in [3.05, 3.63) is 0 Å². The minimum Gasteiger partial charge on any atom is -0.349 e. The molecular formula is C27H42O3. The highest BCUT2D eigenvalue weighted by Gasteiger charge is 2.69. The Balaban J connectivity index is 1.26. The molecule has 6 fully saturated rings. The molecule has 0 amide bonds. The van der Waals surface area contributed by atoms with E-state index in [0.717, 1.165) is 50.0 Å². The smallest absolute Gasteiger partial charge is 0.171 e. The molecule has 30 heavy (non-hydrogen) atoms. The maximum absolute atomic E-state index is 12.2. The van der Waals surface area contributed by atoms with Crippen molar-refractivity contribution < 1.29 is 14.3 Å². The summed E-state index contributed by atoms with van der Waals surface area (Å²) in [4.78, 5) is 12.2. The van der Waals surface area contributed by atoms with Gasteiger partial charge in [0, 0.05) is 25.2 Å². The lowest BCUT2D eigenvalue weighted by molar-refractivity contribution is -0.273. The lowest BCUT2D eigenvalue weighted by Gasteiger charge is -2.60. The third kappa shape index (κ3) is 2.54. The van der Waals surface area contributed by atoms with Crippen LogP contribution in [0.15, 0.2) is 0 Å². The maximum atomic E-state index is 12.2. The molecule has 0 unspecified atom stereocenters. The molecule has 2 aliphatic heterocycles. The zero-order chi connectivity index (χ0) is 20.9. The summed E-state index contributed by atoms with van der Waals surface area (Å²) in [7, 11) is 0. The van der Waals surface area contributed by atoms with Crippen LogP contribution < -0.4 is 0 Å². The van der Waals surface area contributed by atoms with Crippen LogP contribution in [0.5, 0.6) is 0 Å². The predicted molar refractivity (Wildman–Crippen MR) is 117 cm³/mol. The van der Waals surface area contributed by atoms with Crippen LogP contribution in [0.1, 0.15) is 91.9 Å². The molecule has 2 saturated heterocycles. The van der Waals surface area contributed by atoms with Crippen LogP contribution in [-0.4, -0.2) is 24.3 Å². The molecule has 6 aliphatic rings. The van der Waals surface area contributed by atoms with Gasteiger partial charge in [-0.2, -0.15) is 0 Å². The summed E-state index contributed by atoms with van der Waals surface area (Å²) in [5.41, 5.74) is 0.820. The van der Waals surface area contributed by atoms with Crippen LogP contribution in [0.25, 0.3) is 0 Å². The average Bonchev–Trinajstić information content (AvgIpc) is 3.16. The second-order valence-electron chi connectivity index (χ2n) is 12.9. The standard InChI is InChI=1S/C27H42O3/c1-16-7-12-27(29-15-16)17(2)24-23(30-27)14-22-20-6-5-18-13-19(28)8-10-25(18,3)21(20)9-11-26(22,24)4/h16-18,20-24H,5-15H2,1-4H3/t16-,17+,18+,20-,21+,22-,23+,24+,25+,26+,27-/m1/s1.